The van der Waals surface area contributed by atoms with Gasteiger partial charge in [0.2, 0.25) is 47.3 Å². The maximum atomic E-state index is 14.7. The second-order valence-electron chi connectivity index (χ2n) is 20.4. The van der Waals surface area contributed by atoms with Gasteiger partial charge in [0.1, 0.15) is 42.3 Å². The third-order valence-corrected chi connectivity index (χ3v) is 12.2. The van der Waals surface area contributed by atoms with Crippen molar-refractivity contribution in [3.8, 4) is 0 Å². The van der Waals surface area contributed by atoms with E-state index in [1.807, 2.05) is 13.8 Å². The molecule has 0 heterocycles. The Morgan fingerprint density at radius 1 is 0.616 bits per heavy atom. The summed E-state index contributed by atoms with van der Waals surface area (Å²) >= 11 is 0. The molecule has 23 nitrogen and oxygen atoms in total. The number of rotatable bonds is 29. The molecule has 0 radical (unpaired) electrons. The van der Waals surface area contributed by atoms with E-state index < -0.39 is 133 Å². The van der Waals surface area contributed by atoms with Crippen LogP contribution in [-0.2, 0) is 59.1 Å². The van der Waals surface area contributed by atoms with Gasteiger partial charge < -0.3 is 65.8 Å². The number of carboxylic acid groups (broad SMARTS) is 2. The molecule has 0 saturated heterocycles. The van der Waals surface area contributed by atoms with E-state index >= 15 is 0 Å². The zero-order valence-electron chi connectivity index (χ0n) is 45.5. The van der Waals surface area contributed by atoms with Gasteiger partial charge in [-0.25, -0.2) is 4.79 Å². The summed E-state index contributed by atoms with van der Waals surface area (Å²) in [6.07, 6.45) is -2.29. The SMILES string of the molecule is CN[C@@H](C)C(=O)N(C)[C@@H](C)C(=O)N(C)[C@@H](Cc1ccccc1)C(=O)N(C)[C@@H](CC(C)C)C(=O)N[C@H](C(=O)N(C)CC(=O)N(C)[C@@H](CC(C)C)C(=O)N[C@@H](COC(C)(C)C)C(=O)N[C@@H](CC(=O)O)C(=O)O)[C@@H](C)O. The fourth-order valence-electron chi connectivity index (χ4n) is 7.50. The van der Waals surface area contributed by atoms with E-state index in [4.69, 9.17) is 4.74 Å². The molecule has 0 saturated carbocycles. The number of hydrogen-bond acceptors (Lipinski definition) is 13. The van der Waals surface area contributed by atoms with Crippen LogP contribution in [0.3, 0.4) is 0 Å². The van der Waals surface area contributed by atoms with Gasteiger partial charge >= 0.3 is 11.9 Å². The first-order valence-corrected chi connectivity index (χ1v) is 24.4. The monoisotopic (exact) mass is 1030 g/mol. The maximum Gasteiger partial charge on any atom is 0.326 e. The molecular weight excluding hydrogens is 951 g/mol. The summed E-state index contributed by atoms with van der Waals surface area (Å²) < 4.78 is 5.73. The van der Waals surface area contributed by atoms with Gasteiger partial charge in [0.25, 0.3) is 0 Å². The zero-order valence-corrected chi connectivity index (χ0v) is 45.5. The molecule has 0 aliphatic heterocycles. The van der Waals surface area contributed by atoms with E-state index in [0.29, 0.717) is 5.56 Å². The highest BCUT2D eigenvalue weighted by atomic mass is 16.5. The van der Waals surface area contributed by atoms with Gasteiger partial charge in [-0.3, -0.25) is 43.2 Å². The summed E-state index contributed by atoms with van der Waals surface area (Å²) in [6.45, 7) is 15.6. The summed E-state index contributed by atoms with van der Waals surface area (Å²) in [5, 5.41) is 39.8. The van der Waals surface area contributed by atoms with Crippen molar-refractivity contribution in [2.75, 3.05) is 55.4 Å². The highest BCUT2D eigenvalue weighted by Gasteiger charge is 2.41. The van der Waals surface area contributed by atoms with Crippen LogP contribution in [-0.4, -0.2) is 214 Å². The van der Waals surface area contributed by atoms with Crippen LogP contribution in [0.4, 0.5) is 0 Å². The van der Waals surface area contributed by atoms with Crippen molar-refractivity contribution in [2.24, 2.45) is 11.8 Å². The lowest BCUT2D eigenvalue weighted by Gasteiger charge is -2.38. The number of benzene rings is 1. The number of amides is 8. The van der Waals surface area contributed by atoms with Gasteiger partial charge in [-0.05, 0) is 78.8 Å². The Hall–Kier alpha value is -6.20. The van der Waals surface area contributed by atoms with Gasteiger partial charge in [-0.15, -0.1) is 0 Å². The largest absolute Gasteiger partial charge is 0.481 e. The van der Waals surface area contributed by atoms with Crippen molar-refractivity contribution >= 4 is 59.2 Å². The molecule has 0 bridgehead atoms. The molecule has 412 valence electrons. The third-order valence-electron chi connectivity index (χ3n) is 12.2. The number of nitrogens with zero attached hydrogens (tertiary/aromatic N) is 5. The van der Waals surface area contributed by atoms with Crippen molar-refractivity contribution in [3.63, 3.8) is 0 Å². The molecule has 0 aliphatic carbocycles. The van der Waals surface area contributed by atoms with Gasteiger partial charge in [-0.2, -0.15) is 0 Å². The molecular formula is C50H83N9O14. The topological polar surface area (TPSA) is 305 Å². The number of aliphatic carboxylic acids is 2. The van der Waals surface area contributed by atoms with E-state index in [9.17, 15) is 63.3 Å². The summed E-state index contributed by atoms with van der Waals surface area (Å²) in [5.74, 6) is -9.39. The fourth-order valence-corrected chi connectivity index (χ4v) is 7.50. The van der Waals surface area contributed by atoms with Gasteiger partial charge in [-0.1, -0.05) is 58.0 Å². The van der Waals surface area contributed by atoms with E-state index in [0.717, 1.165) is 9.80 Å². The first kappa shape index (κ1) is 64.8. The lowest BCUT2D eigenvalue weighted by molar-refractivity contribution is -0.152. The second-order valence-corrected chi connectivity index (χ2v) is 20.4. The quantitative estimate of drug-likeness (QED) is 0.0553. The Morgan fingerprint density at radius 3 is 1.58 bits per heavy atom. The molecule has 0 fully saturated rings. The Balaban J connectivity index is 3.50. The Kier molecular flexibility index (Phi) is 26.2. The van der Waals surface area contributed by atoms with E-state index in [2.05, 4.69) is 21.3 Å². The van der Waals surface area contributed by atoms with Gasteiger partial charge in [0.05, 0.1) is 37.3 Å². The van der Waals surface area contributed by atoms with Crippen LogP contribution in [0, 0.1) is 11.8 Å². The summed E-state index contributed by atoms with van der Waals surface area (Å²) in [6, 6.07) is -1.30. The van der Waals surface area contributed by atoms with E-state index in [1.165, 1.54) is 56.9 Å². The first-order valence-electron chi connectivity index (χ1n) is 24.4. The summed E-state index contributed by atoms with van der Waals surface area (Å²) in [4.78, 5) is 140. The van der Waals surface area contributed by atoms with Gasteiger partial charge in [0.15, 0.2) is 0 Å². The predicted molar refractivity (Wildman–Crippen MR) is 270 cm³/mol. The summed E-state index contributed by atoms with van der Waals surface area (Å²) in [7, 11) is 8.52. The molecule has 0 aromatic heterocycles. The minimum Gasteiger partial charge on any atom is -0.481 e. The van der Waals surface area contributed by atoms with Crippen LogP contribution < -0.4 is 21.3 Å². The lowest BCUT2D eigenvalue weighted by Crippen LogP contribution is -2.61. The number of aliphatic hydroxyl groups is 1. The second kappa shape index (κ2) is 29.5. The minimum absolute atomic E-state index is 0.0463. The number of carbonyl (C=O) groups is 10. The van der Waals surface area contributed by atoms with Crippen LogP contribution in [0.2, 0.25) is 0 Å². The molecule has 0 unspecified atom stereocenters. The molecule has 1 rings (SSSR count). The lowest BCUT2D eigenvalue weighted by atomic mass is 9.98. The van der Waals surface area contributed by atoms with E-state index in [1.54, 1.807) is 85.8 Å². The van der Waals surface area contributed by atoms with Crippen LogP contribution in [0.25, 0.3) is 0 Å². The molecule has 23 heteroatoms. The van der Waals surface area contributed by atoms with E-state index in [-0.39, 0.29) is 37.0 Å². The highest BCUT2D eigenvalue weighted by Crippen LogP contribution is 2.20. The van der Waals surface area contributed by atoms with Crippen molar-refractivity contribution in [1.82, 2.24) is 45.8 Å². The number of likely N-dealkylation sites (N-methyl/N-ethyl adjacent to an activating group) is 6. The van der Waals surface area contributed by atoms with Crippen molar-refractivity contribution in [3.05, 3.63) is 35.9 Å². The molecule has 8 amide bonds. The summed E-state index contributed by atoms with van der Waals surface area (Å²) in [5.41, 5.74) is -0.124. The maximum absolute atomic E-state index is 14.7. The standard InChI is InChI=1S/C50H83N9O14/c1-28(2)22-36(43(65)53-35(27-73-50(8,9)10)42(64)52-34(49(71)72)25-40(62)63)57(14)39(61)26-55(12)48(70)41(32(7)60)54-44(66)37(23-29(3)4)58(15)47(69)38(24-33-20-18-17-19-21-33)59(16)46(68)31(6)56(13)45(67)30(5)51-11/h17-21,28-32,34-38,41,51,60H,22-27H2,1-16H3,(H,52,64)(H,53,65)(H,54,66)(H,62,63)(H,71,72)/t30-,31-,32+,34-,35-,36-,37-,38-,41-/m0/s1. The number of carbonyl (C=O) groups excluding carboxylic acids is 8. The molecule has 1 aromatic carbocycles. The predicted octanol–water partition coefficient (Wildman–Crippen LogP) is -0.0749. The molecule has 0 aliphatic rings. The van der Waals surface area contributed by atoms with Crippen LogP contribution in [0.1, 0.15) is 94.1 Å². The molecule has 7 N–H and O–H groups in total. The average Bonchev–Trinajstić information content (AvgIpc) is 3.31. The third kappa shape index (κ3) is 20.7. The Labute approximate surface area is 430 Å². The Morgan fingerprint density at radius 2 is 1.11 bits per heavy atom. The smallest absolute Gasteiger partial charge is 0.326 e. The first-order chi connectivity index (χ1) is 33.7. The number of hydrogen-bond donors (Lipinski definition) is 7. The van der Waals surface area contributed by atoms with Gasteiger partial charge in [0, 0.05) is 41.7 Å². The fraction of sp³-hybridized carbons (Fsp3) is 0.680. The minimum atomic E-state index is -1.84. The number of carboxylic acids is 2. The zero-order chi connectivity index (χ0) is 56.4. The normalized spacial score (nSPS) is 15.2. The molecule has 9 atom stereocenters. The Bertz CT molecular complexity index is 2060. The van der Waals surface area contributed by atoms with Crippen molar-refractivity contribution < 1.29 is 68.0 Å². The average molecular weight is 1030 g/mol. The molecule has 1 aromatic rings. The van der Waals surface area contributed by atoms with Crippen molar-refractivity contribution in [1.29, 1.82) is 0 Å². The van der Waals surface area contributed by atoms with Crippen LogP contribution >= 0.6 is 0 Å². The number of ether oxygens (including phenoxy) is 1. The number of nitrogens with one attached hydrogen (secondary N) is 4. The molecule has 0 spiro atoms. The van der Waals surface area contributed by atoms with Crippen LogP contribution in [0.15, 0.2) is 30.3 Å². The van der Waals surface area contributed by atoms with Crippen molar-refractivity contribution in [2.45, 2.75) is 155 Å². The number of aliphatic hydroxyl groups excluding tert-OH is 1. The van der Waals surface area contributed by atoms with Crippen LogP contribution in [0.5, 0.6) is 0 Å². The molecule has 73 heavy (non-hydrogen) atoms. The highest BCUT2D eigenvalue weighted by molar-refractivity contribution is 5.97.